The van der Waals surface area contributed by atoms with E-state index in [1.807, 2.05) is 0 Å². The molecule has 0 bridgehead atoms. The highest BCUT2D eigenvalue weighted by Crippen LogP contribution is 2.14. The number of rotatable bonds is 2. The van der Waals surface area contributed by atoms with Crippen molar-refractivity contribution in [3.8, 4) is 0 Å². The standard InChI is InChI=1S/C8H8ClNO.ClH/c9-7-3-1-2-6(4-7)8(10)5-11;/h1-5,8H,10H2;1H. The monoisotopic (exact) mass is 205 g/mol. The molecular formula is C8H9Cl2NO. The van der Waals surface area contributed by atoms with Crippen LogP contribution in [0.2, 0.25) is 5.02 Å². The van der Waals surface area contributed by atoms with Gasteiger partial charge in [-0.2, -0.15) is 0 Å². The molecule has 2 nitrogen and oxygen atoms in total. The molecule has 0 aliphatic carbocycles. The molecule has 0 aliphatic rings. The van der Waals surface area contributed by atoms with Crippen LogP contribution in [0.25, 0.3) is 0 Å². The van der Waals surface area contributed by atoms with Gasteiger partial charge in [-0.1, -0.05) is 23.7 Å². The summed E-state index contributed by atoms with van der Waals surface area (Å²) in [4.78, 5) is 10.2. The molecule has 0 saturated heterocycles. The van der Waals surface area contributed by atoms with Crippen molar-refractivity contribution in [3.63, 3.8) is 0 Å². The van der Waals surface area contributed by atoms with Gasteiger partial charge in [0.15, 0.2) is 0 Å². The van der Waals surface area contributed by atoms with Gasteiger partial charge in [-0.25, -0.2) is 0 Å². The average Bonchev–Trinajstić information content (AvgIpc) is 2.03. The summed E-state index contributed by atoms with van der Waals surface area (Å²) in [6.07, 6.45) is 0.686. The second-order valence-electron chi connectivity index (χ2n) is 2.22. The van der Waals surface area contributed by atoms with Gasteiger partial charge in [0.2, 0.25) is 0 Å². The summed E-state index contributed by atoms with van der Waals surface area (Å²) in [7, 11) is 0. The Hall–Kier alpha value is -0.570. The average molecular weight is 206 g/mol. The molecule has 4 heteroatoms. The first-order chi connectivity index (χ1) is 5.24. The highest BCUT2D eigenvalue weighted by Gasteiger charge is 2.02. The summed E-state index contributed by atoms with van der Waals surface area (Å²) in [6, 6.07) is 6.39. The Labute approximate surface area is 82.1 Å². The number of carbonyl (C=O) groups is 1. The van der Waals surface area contributed by atoms with Gasteiger partial charge in [0.05, 0.1) is 6.04 Å². The van der Waals surface area contributed by atoms with Crippen molar-refractivity contribution in [1.82, 2.24) is 0 Å². The molecule has 2 N–H and O–H groups in total. The first-order valence-corrected chi connectivity index (χ1v) is 3.58. The predicted octanol–water partition coefficient (Wildman–Crippen LogP) is 1.96. The van der Waals surface area contributed by atoms with Crippen LogP contribution < -0.4 is 5.73 Å². The first-order valence-electron chi connectivity index (χ1n) is 3.20. The molecule has 0 heterocycles. The molecule has 12 heavy (non-hydrogen) atoms. The Morgan fingerprint density at radius 3 is 2.67 bits per heavy atom. The van der Waals surface area contributed by atoms with Crippen molar-refractivity contribution >= 4 is 30.3 Å². The topological polar surface area (TPSA) is 43.1 Å². The van der Waals surface area contributed by atoms with Crippen LogP contribution >= 0.6 is 24.0 Å². The Morgan fingerprint density at radius 2 is 2.17 bits per heavy atom. The highest BCUT2D eigenvalue weighted by molar-refractivity contribution is 6.30. The molecule has 1 atom stereocenters. The summed E-state index contributed by atoms with van der Waals surface area (Å²) < 4.78 is 0. The molecule has 0 radical (unpaired) electrons. The zero-order valence-corrected chi connectivity index (χ0v) is 7.81. The van der Waals surface area contributed by atoms with Gasteiger partial charge in [0.25, 0.3) is 0 Å². The fraction of sp³-hybridized carbons (Fsp3) is 0.125. The van der Waals surface area contributed by atoms with E-state index >= 15 is 0 Å². The molecule has 0 amide bonds. The van der Waals surface area contributed by atoms with E-state index in [4.69, 9.17) is 17.3 Å². The Kier molecular flexibility index (Phi) is 4.90. The van der Waals surface area contributed by atoms with E-state index < -0.39 is 6.04 Å². The number of aldehydes is 1. The van der Waals surface area contributed by atoms with Crippen LogP contribution in [0.15, 0.2) is 24.3 Å². The molecule has 0 spiro atoms. The molecular weight excluding hydrogens is 197 g/mol. The van der Waals surface area contributed by atoms with Crippen molar-refractivity contribution in [2.24, 2.45) is 5.73 Å². The van der Waals surface area contributed by atoms with Crippen molar-refractivity contribution in [3.05, 3.63) is 34.9 Å². The number of carbonyl (C=O) groups excluding carboxylic acids is 1. The van der Waals surface area contributed by atoms with Crippen LogP contribution in [0.3, 0.4) is 0 Å². The number of hydrogen-bond donors (Lipinski definition) is 1. The van der Waals surface area contributed by atoms with E-state index in [1.54, 1.807) is 24.3 Å². The third-order valence-electron chi connectivity index (χ3n) is 1.38. The Bertz CT molecular complexity index is 265. The van der Waals surface area contributed by atoms with Crippen LogP contribution in [0.5, 0.6) is 0 Å². The van der Waals surface area contributed by atoms with Crippen molar-refractivity contribution < 1.29 is 4.79 Å². The highest BCUT2D eigenvalue weighted by atomic mass is 35.5. The van der Waals surface area contributed by atoms with Gasteiger partial charge in [-0.15, -0.1) is 12.4 Å². The van der Waals surface area contributed by atoms with Gasteiger partial charge in [-0.05, 0) is 17.7 Å². The molecule has 1 rings (SSSR count). The molecule has 66 valence electrons. The molecule has 0 fully saturated rings. The van der Waals surface area contributed by atoms with Crippen molar-refractivity contribution in [2.75, 3.05) is 0 Å². The van der Waals surface area contributed by atoms with E-state index in [9.17, 15) is 4.79 Å². The van der Waals surface area contributed by atoms with Crippen molar-refractivity contribution in [2.45, 2.75) is 6.04 Å². The lowest BCUT2D eigenvalue weighted by molar-refractivity contribution is -0.109. The molecule has 1 aromatic rings. The van der Waals surface area contributed by atoms with E-state index in [0.29, 0.717) is 11.3 Å². The van der Waals surface area contributed by atoms with Crippen LogP contribution in [0.1, 0.15) is 11.6 Å². The molecule has 0 saturated carbocycles. The Morgan fingerprint density at radius 1 is 1.50 bits per heavy atom. The van der Waals surface area contributed by atoms with Gasteiger partial charge >= 0.3 is 0 Å². The summed E-state index contributed by atoms with van der Waals surface area (Å²) in [5.74, 6) is 0. The minimum absolute atomic E-state index is 0. The normalized spacial score (nSPS) is 11.5. The molecule has 1 unspecified atom stereocenters. The summed E-state index contributed by atoms with van der Waals surface area (Å²) in [5, 5.41) is 0.597. The van der Waals surface area contributed by atoms with Crippen LogP contribution in [0, 0.1) is 0 Å². The van der Waals surface area contributed by atoms with Gasteiger partial charge in [-0.3, -0.25) is 0 Å². The maximum atomic E-state index is 10.2. The van der Waals surface area contributed by atoms with E-state index in [2.05, 4.69) is 0 Å². The zero-order valence-electron chi connectivity index (χ0n) is 6.24. The van der Waals surface area contributed by atoms with Gasteiger partial charge < -0.3 is 10.5 Å². The Balaban J connectivity index is 0.00000121. The lowest BCUT2D eigenvalue weighted by atomic mass is 10.1. The third-order valence-corrected chi connectivity index (χ3v) is 1.62. The van der Waals surface area contributed by atoms with Crippen molar-refractivity contribution in [1.29, 1.82) is 0 Å². The minimum Gasteiger partial charge on any atom is -0.318 e. The number of halogens is 2. The SMILES string of the molecule is Cl.NC(C=O)c1cccc(Cl)c1. The second-order valence-corrected chi connectivity index (χ2v) is 2.65. The lowest BCUT2D eigenvalue weighted by Crippen LogP contribution is -2.10. The van der Waals surface area contributed by atoms with Crippen LogP contribution in [0.4, 0.5) is 0 Å². The summed E-state index contributed by atoms with van der Waals surface area (Å²) >= 11 is 5.67. The first kappa shape index (κ1) is 11.4. The van der Waals surface area contributed by atoms with E-state index in [-0.39, 0.29) is 12.4 Å². The fourth-order valence-corrected chi connectivity index (χ4v) is 0.991. The largest absolute Gasteiger partial charge is 0.318 e. The summed E-state index contributed by atoms with van der Waals surface area (Å²) in [5.41, 5.74) is 6.18. The van der Waals surface area contributed by atoms with Gasteiger partial charge in [0, 0.05) is 5.02 Å². The zero-order chi connectivity index (χ0) is 8.27. The number of benzene rings is 1. The number of hydrogen-bond acceptors (Lipinski definition) is 2. The smallest absolute Gasteiger partial charge is 0.141 e. The number of nitrogens with two attached hydrogens (primary N) is 1. The van der Waals surface area contributed by atoms with E-state index in [1.165, 1.54) is 0 Å². The molecule has 0 aliphatic heterocycles. The predicted molar refractivity (Wildman–Crippen MR) is 51.7 cm³/mol. The van der Waals surface area contributed by atoms with Crippen LogP contribution in [-0.4, -0.2) is 6.29 Å². The van der Waals surface area contributed by atoms with E-state index in [0.717, 1.165) is 5.56 Å². The third kappa shape index (κ3) is 2.81. The summed E-state index contributed by atoms with van der Waals surface area (Å²) in [6.45, 7) is 0. The molecule has 0 aromatic heterocycles. The maximum Gasteiger partial charge on any atom is 0.141 e. The van der Waals surface area contributed by atoms with Crippen LogP contribution in [-0.2, 0) is 4.79 Å². The lowest BCUT2D eigenvalue weighted by Gasteiger charge is -2.02. The maximum absolute atomic E-state index is 10.2. The molecule has 1 aromatic carbocycles. The second kappa shape index (κ2) is 5.14. The minimum atomic E-state index is -0.561. The quantitative estimate of drug-likeness (QED) is 0.751. The fourth-order valence-electron chi connectivity index (χ4n) is 0.792. The van der Waals surface area contributed by atoms with Gasteiger partial charge in [0.1, 0.15) is 6.29 Å².